The molecule has 0 aliphatic heterocycles. The SMILES string of the molecule is CCCCCc1c(C)nn(-c2nc(CC(=O)Nc3cccnc3)cs2)c1C. The topological polar surface area (TPSA) is 72.7 Å². The number of carbonyl (C=O) groups excluding carboxylic acids is 1. The molecule has 0 aliphatic carbocycles. The number of hydrogen-bond donors (Lipinski definition) is 1. The number of nitrogens with zero attached hydrogens (tertiary/aromatic N) is 4. The molecule has 3 aromatic rings. The summed E-state index contributed by atoms with van der Waals surface area (Å²) >= 11 is 1.51. The van der Waals surface area contributed by atoms with Crippen LogP contribution < -0.4 is 5.32 Å². The standard InChI is InChI=1S/C20H25N5OS/c1-4-5-6-9-18-14(2)24-25(15(18)3)20-23-17(13-27-20)11-19(26)22-16-8-7-10-21-12-16/h7-8,10,12-13H,4-6,9,11H2,1-3H3,(H,22,26). The summed E-state index contributed by atoms with van der Waals surface area (Å²) < 4.78 is 1.91. The van der Waals surface area contributed by atoms with Crippen LogP contribution in [-0.2, 0) is 17.6 Å². The zero-order valence-corrected chi connectivity index (χ0v) is 16.8. The number of amides is 1. The Balaban J connectivity index is 1.68. The highest BCUT2D eigenvalue weighted by Crippen LogP contribution is 2.22. The number of hydrogen-bond acceptors (Lipinski definition) is 5. The summed E-state index contributed by atoms with van der Waals surface area (Å²) in [4.78, 5) is 20.8. The molecule has 3 rings (SSSR count). The summed E-state index contributed by atoms with van der Waals surface area (Å²) in [5.41, 5.74) is 4.96. The van der Waals surface area contributed by atoms with E-state index < -0.39 is 0 Å². The highest BCUT2D eigenvalue weighted by Gasteiger charge is 2.16. The minimum Gasteiger partial charge on any atom is -0.324 e. The van der Waals surface area contributed by atoms with Crippen LogP contribution in [0.25, 0.3) is 5.13 Å². The Morgan fingerprint density at radius 3 is 2.89 bits per heavy atom. The molecule has 0 fully saturated rings. The van der Waals surface area contributed by atoms with Gasteiger partial charge >= 0.3 is 0 Å². The predicted octanol–water partition coefficient (Wildman–Crippen LogP) is 4.25. The number of carbonyl (C=O) groups is 1. The molecule has 0 saturated carbocycles. The number of pyridine rings is 1. The Bertz CT molecular complexity index is 900. The highest BCUT2D eigenvalue weighted by molar-refractivity contribution is 7.12. The first-order valence-corrected chi connectivity index (χ1v) is 10.2. The quantitative estimate of drug-likeness (QED) is 0.590. The van der Waals surface area contributed by atoms with Crippen molar-refractivity contribution in [3.63, 3.8) is 0 Å². The Labute approximate surface area is 163 Å². The monoisotopic (exact) mass is 383 g/mol. The Morgan fingerprint density at radius 1 is 1.30 bits per heavy atom. The summed E-state index contributed by atoms with van der Waals surface area (Å²) in [6.07, 6.45) is 8.21. The van der Waals surface area contributed by atoms with E-state index in [0.717, 1.165) is 28.6 Å². The summed E-state index contributed by atoms with van der Waals surface area (Å²) in [6.45, 7) is 6.36. The molecule has 7 heteroatoms. The molecule has 3 aromatic heterocycles. The first-order chi connectivity index (χ1) is 13.1. The molecule has 0 bridgehead atoms. The van der Waals surface area contributed by atoms with E-state index in [9.17, 15) is 4.79 Å². The van der Waals surface area contributed by atoms with Gasteiger partial charge in [0, 0.05) is 17.3 Å². The molecule has 1 N–H and O–H groups in total. The molecule has 142 valence electrons. The maximum Gasteiger partial charge on any atom is 0.230 e. The van der Waals surface area contributed by atoms with E-state index in [1.165, 1.54) is 36.2 Å². The van der Waals surface area contributed by atoms with Crippen LogP contribution in [0.15, 0.2) is 29.9 Å². The summed E-state index contributed by atoms with van der Waals surface area (Å²) in [5.74, 6) is -0.103. The number of nitrogens with one attached hydrogen (secondary N) is 1. The van der Waals surface area contributed by atoms with Crippen LogP contribution >= 0.6 is 11.3 Å². The minimum absolute atomic E-state index is 0.103. The fourth-order valence-corrected chi connectivity index (χ4v) is 3.88. The number of unbranched alkanes of at least 4 members (excludes halogenated alkanes) is 2. The van der Waals surface area contributed by atoms with E-state index in [4.69, 9.17) is 0 Å². The van der Waals surface area contributed by atoms with Crippen LogP contribution in [0.1, 0.15) is 48.8 Å². The molecule has 0 radical (unpaired) electrons. The van der Waals surface area contributed by atoms with Gasteiger partial charge in [-0.1, -0.05) is 19.8 Å². The lowest BCUT2D eigenvalue weighted by atomic mass is 10.1. The zero-order chi connectivity index (χ0) is 19.2. The molecule has 0 spiro atoms. The fraction of sp³-hybridized carbons (Fsp3) is 0.400. The minimum atomic E-state index is -0.103. The summed E-state index contributed by atoms with van der Waals surface area (Å²) in [6, 6.07) is 3.60. The van der Waals surface area contributed by atoms with Crippen LogP contribution in [0.4, 0.5) is 5.69 Å². The first-order valence-electron chi connectivity index (χ1n) is 9.28. The van der Waals surface area contributed by atoms with Crippen molar-refractivity contribution in [1.82, 2.24) is 19.7 Å². The van der Waals surface area contributed by atoms with Crippen LogP contribution in [-0.4, -0.2) is 25.7 Å². The molecular formula is C20H25N5OS. The Kier molecular flexibility index (Phi) is 6.34. The first kappa shape index (κ1) is 19.2. The maximum absolute atomic E-state index is 12.2. The van der Waals surface area contributed by atoms with Crippen molar-refractivity contribution in [1.29, 1.82) is 0 Å². The van der Waals surface area contributed by atoms with Gasteiger partial charge in [0.2, 0.25) is 11.0 Å². The van der Waals surface area contributed by atoms with E-state index in [1.807, 2.05) is 16.1 Å². The van der Waals surface area contributed by atoms with Gasteiger partial charge in [0.05, 0.1) is 29.7 Å². The van der Waals surface area contributed by atoms with E-state index in [0.29, 0.717) is 5.69 Å². The molecule has 0 aromatic carbocycles. The van der Waals surface area contributed by atoms with Gasteiger partial charge in [-0.25, -0.2) is 9.67 Å². The molecule has 27 heavy (non-hydrogen) atoms. The molecule has 0 aliphatic rings. The molecule has 6 nitrogen and oxygen atoms in total. The van der Waals surface area contributed by atoms with Crippen molar-refractivity contribution in [2.45, 2.75) is 52.9 Å². The Hall–Kier alpha value is -2.54. The fourth-order valence-electron chi connectivity index (χ4n) is 3.06. The average molecular weight is 384 g/mol. The summed E-state index contributed by atoms with van der Waals surface area (Å²) in [5, 5.41) is 10.2. The van der Waals surface area contributed by atoms with E-state index in [2.05, 4.69) is 41.2 Å². The Morgan fingerprint density at radius 2 is 2.15 bits per heavy atom. The maximum atomic E-state index is 12.2. The van der Waals surface area contributed by atoms with Gasteiger partial charge in [0.1, 0.15) is 0 Å². The molecule has 0 saturated heterocycles. The van der Waals surface area contributed by atoms with Crippen molar-refractivity contribution < 1.29 is 4.79 Å². The second kappa shape index (κ2) is 8.90. The number of aromatic nitrogens is 4. The predicted molar refractivity (Wildman–Crippen MR) is 109 cm³/mol. The molecular weight excluding hydrogens is 358 g/mol. The molecule has 0 atom stereocenters. The summed E-state index contributed by atoms with van der Waals surface area (Å²) in [7, 11) is 0. The van der Waals surface area contributed by atoms with Crippen molar-refractivity contribution >= 4 is 22.9 Å². The van der Waals surface area contributed by atoms with Gasteiger partial charge in [-0.2, -0.15) is 5.10 Å². The van der Waals surface area contributed by atoms with E-state index in [1.54, 1.807) is 18.5 Å². The van der Waals surface area contributed by atoms with Gasteiger partial charge < -0.3 is 5.32 Å². The second-order valence-corrected chi connectivity index (χ2v) is 7.44. The van der Waals surface area contributed by atoms with E-state index >= 15 is 0 Å². The van der Waals surface area contributed by atoms with Crippen molar-refractivity contribution in [2.75, 3.05) is 5.32 Å². The molecule has 1 amide bonds. The normalized spacial score (nSPS) is 10.9. The van der Waals surface area contributed by atoms with Crippen LogP contribution in [0, 0.1) is 13.8 Å². The lowest BCUT2D eigenvalue weighted by Crippen LogP contribution is -2.14. The third-order valence-corrected chi connectivity index (χ3v) is 5.34. The number of rotatable bonds is 8. The van der Waals surface area contributed by atoms with Gasteiger partial charge in [0.25, 0.3) is 0 Å². The number of anilines is 1. The number of aryl methyl sites for hydroxylation is 1. The average Bonchev–Trinajstić information content (AvgIpc) is 3.21. The van der Waals surface area contributed by atoms with Gasteiger partial charge in [-0.3, -0.25) is 9.78 Å². The van der Waals surface area contributed by atoms with Crippen LogP contribution in [0.2, 0.25) is 0 Å². The lowest BCUT2D eigenvalue weighted by Gasteiger charge is -2.03. The lowest BCUT2D eigenvalue weighted by molar-refractivity contribution is -0.115. The third-order valence-electron chi connectivity index (χ3n) is 4.48. The third kappa shape index (κ3) is 4.80. The van der Waals surface area contributed by atoms with Gasteiger partial charge in [-0.15, -0.1) is 11.3 Å². The van der Waals surface area contributed by atoms with E-state index in [-0.39, 0.29) is 12.3 Å². The zero-order valence-electron chi connectivity index (χ0n) is 16.0. The van der Waals surface area contributed by atoms with Crippen molar-refractivity contribution in [2.24, 2.45) is 0 Å². The van der Waals surface area contributed by atoms with Crippen molar-refractivity contribution in [3.05, 3.63) is 52.6 Å². The highest BCUT2D eigenvalue weighted by atomic mass is 32.1. The number of thiazole rings is 1. The van der Waals surface area contributed by atoms with Crippen LogP contribution in [0.5, 0.6) is 0 Å². The van der Waals surface area contributed by atoms with Crippen molar-refractivity contribution in [3.8, 4) is 5.13 Å². The largest absolute Gasteiger partial charge is 0.324 e. The molecule has 3 heterocycles. The smallest absolute Gasteiger partial charge is 0.230 e. The second-order valence-electron chi connectivity index (χ2n) is 6.61. The van der Waals surface area contributed by atoms with Gasteiger partial charge in [0.15, 0.2) is 0 Å². The molecule has 0 unspecified atom stereocenters. The van der Waals surface area contributed by atoms with Crippen LogP contribution in [0.3, 0.4) is 0 Å². The van der Waals surface area contributed by atoms with Gasteiger partial charge in [-0.05, 0) is 44.4 Å².